The maximum absolute atomic E-state index is 5.17. The van der Waals surface area contributed by atoms with Crippen LogP contribution in [0.5, 0.6) is 0 Å². The van der Waals surface area contributed by atoms with Gasteiger partial charge in [-0.2, -0.15) is 0 Å². The molecule has 0 aliphatic rings. The quantitative estimate of drug-likeness (QED) is 0.206. The Balaban J connectivity index is 1.37. The van der Waals surface area contributed by atoms with E-state index in [1.54, 1.807) is 0 Å². The van der Waals surface area contributed by atoms with Gasteiger partial charge in [-0.05, 0) is 52.2 Å². The fourth-order valence-corrected chi connectivity index (χ4v) is 6.36. The number of fused-ring (bicyclic) bond motifs is 9. The Morgan fingerprint density at radius 1 is 0.419 bits per heavy atom. The van der Waals surface area contributed by atoms with Crippen molar-refractivity contribution >= 4 is 49.1 Å². The summed E-state index contributed by atoms with van der Waals surface area (Å²) in [6.07, 6.45) is 2.10. The molecule has 6 aromatic carbocycles. The number of pyridine rings is 1. The molecule has 0 fully saturated rings. The minimum atomic E-state index is 0.713. The molecule has 0 N–H and O–H groups in total. The smallest absolute Gasteiger partial charge is 0.160 e. The molecule has 9 aromatic rings. The Bertz CT molecular complexity index is 2500. The minimum Gasteiger partial charge on any atom is -0.299 e. The first-order valence-corrected chi connectivity index (χ1v) is 14.5. The van der Waals surface area contributed by atoms with Crippen LogP contribution in [-0.4, -0.2) is 19.4 Å². The largest absolute Gasteiger partial charge is 0.299 e. The molecule has 4 nitrogen and oxygen atoms in total. The van der Waals surface area contributed by atoms with Gasteiger partial charge in [0.2, 0.25) is 0 Å². The fourth-order valence-electron chi connectivity index (χ4n) is 6.36. The van der Waals surface area contributed by atoms with E-state index >= 15 is 0 Å². The summed E-state index contributed by atoms with van der Waals surface area (Å²) in [5.41, 5.74) is 9.35. The van der Waals surface area contributed by atoms with E-state index in [1.165, 1.54) is 11.1 Å². The number of hydrogen-bond acceptors (Lipinski definition) is 3. The van der Waals surface area contributed by atoms with E-state index in [0.29, 0.717) is 5.82 Å². The average molecular weight is 549 g/mol. The van der Waals surface area contributed by atoms with Gasteiger partial charge in [-0.1, -0.05) is 109 Å². The monoisotopic (exact) mass is 548 g/mol. The fraction of sp³-hybridized carbons (Fsp3) is 0. The third kappa shape index (κ3) is 3.74. The third-order valence-corrected chi connectivity index (χ3v) is 8.39. The van der Waals surface area contributed by atoms with E-state index in [0.717, 1.165) is 65.9 Å². The molecule has 9 rings (SSSR count). The van der Waals surface area contributed by atoms with Crippen molar-refractivity contribution in [1.82, 2.24) is 19.4 Å². The van der Waals surface area contributed by atoms with Crippen LogP contribution in [0.4, 0.5) is 0 Å². The summed E-state index contributed by atoms with van der Waals surface area (Å²) in [6, 6.07) is 48.7. The van der Waals surface area contributed by atoms with E-state index in [-0.39, 0.29) is 0 Å². The molecular weight excluding hydrogens is 524 g/mol. The van der Waals surface area contributed by atoms with Crippen molar-refractivity contribution in [3.05, 3.63) is 146 Å². The maximum atomic E-state index is 5.17. The zero-order valence-electron chi connectivity index (χ0n) is 23.1. The van der Waals surface area contributed by atoms with Crippen molar-refractivity contribution < 1.29 is 0 Å². The third-order valence-electron chi connectivity index (χ3n) is 8.39. The Hall–Kier alpha value is -5.87. The van der Waals surface area contributed by atoms with Crippen LogP contribution < -0.4 is 0 Å². The highest BCUT2D eigenvalue weighted by atomic mass is 15.0. The molecule has 0 amide bonds. The van der Waals surface area contributed by atoms with Crippen LogP contribution in [-0.2, 0) is 0 Å². The molecule has 3 heterocycles. The lowest BCUT2D eigenvalue weighted by molar-refractivity contribution is 1.23. The van der Waals surface area contributed by atoms with Gasteiger partial charge in [-0.25, -0.2) is 15.0 Å². The molecule has 0 spiro atoms. The highest BCUT2D eigenvalue weighted by molar-refractivity contribution is 6.25. The van der Waals surface area contributed by atoms with Gasteiger partial charge in [0.15, 0.2) is 5.82 Å². The first kappa shape index (κ1) is 23.8. The molecule has 43 heavy (non-hydrogen) atoms. The van der Waals surface area contributed by atoms with Crippen molar-refractivity contribution in [1.29, 1.82) is 0 Å². The molecule has 0 aliphatic carbocycles. The summed E-state index contributed by atoms with van der Waals surface area (Å²) in [6.45, 7) is 0. The summed E-state index contributed by atoms with van der Waals surface area (Å²) in [5, 5.41) is 5.65. The summed E-state index contributed by atoms with van der Waals surface area (Å²) in [4.78, 5) is 15.3. The second-order valence-electron chi connectivity index (χ2n) is 10.9. The number of nitrogens with zero attached hydrogens (tertiary/aromatic N) is 4. The van der Waals surface area contributed by atoms with E-state index < -0.39 is 0 Å². The second-order valence-corrected chi connectivity index (χ2v) is 10.9. The average Bonchev–Trinajstić information content (AvgIpc) is 3.48. The molecule has 0 aliphatic heterocycles. The summed E-state index contributed by atoms with van der Waals surface area (Å²) >= 11 is 0. The van der Waals surface area contributed by atoms with Gasteiger partial charge >= 0.3 is 0 Å². The molecule has 0 saturated heterocycles. The topological polar surface area (TPSA) is 43.1 Å². The number of aromatic nitrogens is 4. The minimum absolute atomic E-state index is 0.713. The lowest BCUT2D eigenvalue weighted by Gasteiger charge is -2.12. The van der Waals surface area contributed by atoms with Crippen LogP contribution in [0.1, 0.15) is 0 Å². The first-order valence-electron chi connectivity index (χ1n) is 14.5. The number of para-hydroxylation sites is 1. The van der Waals surface area contributed by atoms with Crippen LogP contribution in [0.25, 0.3) is 82.9 Å². The molecule has 0 unspecified atom stereocenters. The van der Waals surface area contributed by atoms with Crippen LogP contribution in [0, 0.1) is 0 Å². The van der Waals surface area contributed by atoms with Gasteiger partial charge in [0.25, 0.3) is 0 Å². The van der Waals surface area contributed by atoms with Gasteiger partial charge < -0.3 is 0 Å². The summed E-state index contributed by atoms with van der Waals surface area (Å²) in [5.74, 6) is 0.713. The molecule has 0 saturated carbocycles. The number of rotatable bonds is 3. The van der Waals surface area contributed by atoms with Crippen molar-refractivity contribution in [2.45, 2.75) is 0 Å². The highest BCUT2D eigenvalue weighted by Gasteiger charge is 2.17. The zero-order valence-corrected chi connectivity index (χ0v) is 23.1. The number of imidazole rings is 1. The first-order chi connectivity index (χ1) is 21.3. The Labute approximate surface area is 247 Å². The standard InChI is InChI=1S/C39H24N4/c1-3-11-25(12-4-1)27-18-20-29-32(23-27)33-24-28(19-21-30(33)38-37(29)41-35-17-9-10-22-43(35)38)39-40-34-16-8-7-15-31(34)36(42-39)26-13-5-2-6-14-26/h1-24H. The molecule has 0 atom stereocenters. The van der Waals surface area contributed by atoms with Gasteiger partial charge in [0.1, 0.15) is 5.65 Å². The van der Waals surface area contributed by atoms with Crippen molar-refractivity contribution in [2.75, 3.05) is 0 Å². The van der Waals surface area contributed by atoms with Crippen molar-refractivity contribution in [2.24, 2.45) is 0 Å². The Morgan fingerprint density at radius 2 is 1.09 bits per heavy atom. The maximum Gasteiger partial charge on any atom is 0.160 e. The second kappa shape index (κ2) is 9.33. The molecule has 0 bridgehead atoms. The number of benzene rings is 6. The van der Waals surface area contributed by atoms with Crippen LogP contribution in [0.2, 0.25) is 0 Å². The van der Waals surface area contributed by atoms with Gasteiger partial charge in [0, 0.05) is 33.5 Å². The van der Waals surface area contributed by atoms with Crippen LogP contribution in [0.15, 0.2) is 146 Å². The van der Waals surface area contributed by atoms with E-state index in [2.05, 4.69) is 126 Å². The van der Waals surface area contributed by atoms with Crippen LogP contribution >= 0.6 is 0 Å². The lowest BCUT2D eigenvalue weighted by Crippen LogP contribution is -1.95. The highest BCUT2D eigenvalue weighted by Crippen LogP contribution is 2.39. The molecule has 4 heteroatoms. The normalized spacial score (nSPS) is 11.7. The Morgan fingerprint density at radius 3 is 1.95 bits per heavy atom. The zero-order chi connectivity index (χ0) is 28.3. The number of hydrogen-bond donors (Lipinski definition) is 0. The molecular formula is C39H24N4. The lowest BCUT2D eigenvalue weighted by atomic mass is 9.94. The van der Waals surface area contributed by atoms with E-state index in [9.17, 15) is 0 Å². The van der Waals surface area contributed by atoms with Crippen LogP contribution in [0.3, 0.4) is 0 Å². The van der Waals surface area contributed by atoms with Gasteiger partial charge in [0.05, 0.1) is 22.2 Å². The predicted molar refractivity (Wildman–Crippen MR) is 177 cm³/mol. The van der Waals surface area contributed by atoms with Gasteiger partial charge in [-0.3, -0.25) is 4.40 Å². The Kier molecular flexibility index (Phi) is 5.16. The molecule has 3 aromatic heterocycles. The van der Waals surface area contributed by atoms with Crippen molar-refractivity contribution in [3.63, 3.8) is 0 Å². The summed E-state index contributed by atoms with van der Waals surface area (Å²) in [7, 11) is 0. The van der Waals surface area contributed by atoms with Crippen molar-refractivity contribution in [3.8, 4) is 33.8 Å². The predicted octanol–water partition coefficient (Wildman–Crippen LogP) is 9.74. The van der Waals surface area contributed by atoms with E-state index in [4.69, 9.17) is 15.0 Å². The SMILES string of the molecule is c1ccc(-c2ccc3c(c2)c2cc(-c4nc(-c5ccccc5)c5ccccc5n4)ccc2c2c3nc3ccccn32)cc1. The molecule has 0 radical (unpaired) electrons. The summed E-state index contributed by atoms with van der Waals surface area (Å²) < 4.78 is 2.20. The van der Waals surface area contributed by atoms with Gasteiger partial charge in [-0.15, -0.1) is 0 Å². The molecule has 200 valence electrons. The van der Waals surface area contributed by atoms with E-state index in [1.807, 2.05) is 24.3 Å².